The van der Waals surface area contributed by atoms with Gasteiger partial charge >= 0.3 is 0 Å². The summed E-state index contributed by atoms with van der Waals surface area (Å²) in [4.78, 5) is 14.6. The average Bonchev–Trinajstić information content (AvgIpc) is 3.19. The van der Waals surface area contributed by atoms with E-state index in [1.807, 2.05) is 0 Å². The van der Waals surface area contributed by atoms with Gasteiger partial charge in [-0.15, -0.1) is 24.8 Å². The summed E-state index contributed by atoms with van der Waals surface area (Å²) in [5, 5.41) is 11.0. The molecule has 0 unspecified atom stereocenters. The molecule has 2 N–H and O–H groups in total. The van der Waals surface area contributed by atoms with E-state index in [0.717, 1.165) is 44.6 Å². The van der Waals surface area contributed by atoms with Crippen molar-refractivity contribution < 1.29 is 4.79 Å². The second-order valence-electron chi connectivity index (χ2n) is 6.70. The maximum Gasteiger partial charge on any atom is 0.223 e. The first-order valence-corrected chi connectivity index (χ1v) is 8.38. The highest BCUT2D eigenvalue weighted by Crippen LogP contribution is 2.28. The molecule has 1 amide bonds. The summed E-state index contributed by atoms with van der Waals surface area (Å²) in [7, 11) is 0. The molecule has 2 atom stereocenters. The number of carbonyl (C=O) groups is 1. The van der Waals surface area contributed by atoms with E-state index in [1.165, 1.54) is 30.5 Å². The summed E-state index contributed by atoms with van der Waals surface area (Å²) in [6, 6.07) is 0.450. The molecule has 0 saturated carbocycles. The number of likely N-dealkylation sites (tertiary alicyclic amines) is 1. The molecule has 130 valence electrons. The van der Waals surface area contributed by atoms with Gasteiger partial charge in [-0.05, 0) is 43.6 Å². The third-order valence-electron chi connectivity index (χ3n) is 5.48. The summed E-state index contributed by atoms with van der Waals surface area (Å²) >= 11 is 0. The van der Waals surface area contributed by atoms with Crippen LogP contribution in [0.4, 0.5) is 0 Å². The number of rotatable bonds is 3. The van der Waals surface area contributed by atoms with Gasteiger partial charge in [0.05, 0.1) is 5.69 Å². The SMILES string of the molecule is Cl.Cl.O=C(CCc1n[nH]c2c1CCCC2)N1CC[C@H]2CNC[C@H]21. The third-order valence-corrected chi connectivity index (χ3v) is 5.48. The molecule has 2 saturated heterocycles. The fourth-order valence-electron chi connectivity index (χ4n) is 4.28. The Morgan fingerprint density at radius 2 is 2.04 bits per heavy atom. The van der Waals surface area contributed by atoms with Crippen LogP contribution >= 0.6 is 24.8 Å². The zero-order chi connectivity index (χ0) is 14.2. The summed E-state index contributed by atoms with van der Waals surface area (Å²) < 4.78 is 0. The van der Waals surface area contributed by atoms with E-state index < -0.39 is 0 Å². The van der Waals surface area contributed by atoms with Crippen molar-refractivity contribution in [3.05, 3.63) is 17.0 Å². The topological polar surface area (TPSA) is 61.0 Å². The van der Waals surface area contributed by atoms with Crippen molar-refractivity contribution in [2.24, 2.45) is 5.92 Å². The Bertz CT molecular complexity index is 548. The molecule has 0 radical (unpaired) electrons. The molecule has 7 heteroatoms. The Hall–Kier alpha value is -0.780. The quantitative estimate of drug-likeness (QED) is 0.864. The number of hydrogen-bond acceptors (Lipinski definition) is 3. The number of nitrogens with one attached hydrogen (secondary N) is 2. The predicted molar refractivity (Wildman–Crippen MR) is 94.5 cm³/mol. The normalized spacial score (nSPS) is 25.3. The lowest BCUT2D eigenvalue weighted by molar-refractivity contribution is -0.131. The fourth-order valence-corrected chi connectivity index (χ4v) is 4.28. The molecule has 5 nitrogen and oxygen atoms in total. The van der Waals surface area contributed by atoms with Crippen molar-refractivity contribution in [3.8, 4) is 0 Å². The van der Waals surface area contributed by atoms with Crippen LogP contribution in [0.1, 0.15) is 42.6 Å². The molecule has 3 heterocycles. The van der Waals surface area contributed by atoms with E-state index in [4.69, 9.17) is 0 Å². The number of H-pyrrole nitrogens is 1. The second-order valence-corrected chi connectivity index (χ2v) is 6.70. The van der Waals surface area contributed by atoms with Crippen LogP contribution < -0.4 is 5.32 Å². The number of nitrogens with zero attached hydrogens (tertiary/aromatic N) is 2. The molecule has 2 aliphatic heterocycles. The Kier molecular flexibility index (Phi) is 6.34. The molecule has 1 aromatic rings. The maximum atomic E-state index is 12.5. The zero-order valence-corrected chi connectivity index (χ0v) is 15.0. The first kappa shape index (κ1) is 18.6. The second kappa shape index (κ2) is 7.86. The number of amides is 1. The molecule has 3 aliphatic rings. The minimum Gasteiger partial charge on any atom is -0.338 e. The van der Waals surface area contributed by atoms with Gasteiger partial charge in [-0.2, -0.15) is 5.10 Å². The molecule has 0 spiro atoms. The Labute approximate surface area is 149 Å². The van der Waals surface area contributed by atoms with E-state index in [1.54, 1.807) is 0 Å². The number of aromatic nitrogens is 2. The lowest BCUT2D eigenvalue weighted by Crippen LogP contribution is -2.39. The van der Waals surface area contributed by atoms with Crippen molar-refractivity contribution in [1.29, 1.82) is 0 Å². The number of aromatic amines is 1. The summed E-state index contributed by atoms with van der Waals surface area (Å²) in [5.74, 6) is 1.01. The lowest BCUT2D eigenvalue weighted by atomic mass is 9.94. The van der Waals surface area contributed by atoms with E-state index >= 15 is 0 Å². The van der Waals surface area contributed by atoms with Crippen LogP contribution in [0.3, 0.4) is 0 Å². The first-order chi connectivity index (χ1) is 10.3. The van der Waals surface area contributed by atoms with E-state index in [0.29, 0.717) is 24.3 Å². The maximum absolute atomic E-state index is 12.5. The Balaban J connectivity index is 0.000000960. The average molecular weight is 361 g/mol. The Morgan fingerprint density at radius 1 is 1.22 bits per heavy atom. The molecule has 1 aliphatic carbocycles. The van der Waals surface area contributed by atoms with Gasteiger partial charge in [0.15, 0.2) is 0 Å². The van der Waals surface area contributed by atoms with E-state index in [2.05, 4.69) is 20.4 Å². The number of halogens is 2. The summed E-state index contributed by atoms with van der Waals surface area (Å²) in [6.07, 6.45) is 7.35. The third kappa shape index (κ3) is 3.52. The van der Waals surface area contributed by atoms with Crippen LogP contribution in [-0.2, 0) is 24.1 Å². The number of aryl methyl sites for hydroxylation is 2. The first-order valence-electron chi connectivity index (χ1n) is 8.38. The van der Waals surface area contributed by atoms with Crippen LogP contribution in [0.25, 0.3) is 0 Å². The largest absolute Gasteiger partial charge is 0.338 e. The van der Waals surface area contributed by atoms with Gasteiger partial charge < -0.3 is 10.2 Å². The predicted octanol–water partition coefficient (Wildman–Crippen LogP) is 1.88. The molecular formula is C16H26Cl2N4O. The van der Waals surface area contributed by atoms with Gasteiger partial charge in [0, 0.05) is 44.2 Å². The zero-order valence-electron chi connectivity index (χ0n) is 13.3. The molecule has 2 fully saturated rings. The molecular weight excluding hydrogens is 335 g/mol. The highest BCUT2D eigenvalue weighted by molar-refractivity contribution is 5.85. The minimum absolute atomic E-state index is 0. The van der Waals surface area contributed by atoms with Gasteiger partial charge in [0.1, 0.15) is 0 Å². The monoisotopic (exact) mass is 360 g/mol. The van der Waals surface area contributed by atoms with Crippen LogP contribution in [0.15, 0.2) is 0 Å². The van der Waals surface area contributed by atoms with Gasteiger partial charge in [-0.25, -0.2) is 0 Å². The summed E-state index contributed by atoms with van der Waals surface area (Å²) in [5.41, 5.74) is 3.85. The standard InChI is InChI=1S/C16H24N4O.2ClH/c21-16(20-8-7-11-9-17-10-15(11)20)6-5-14-12-3-1-2-4-13(12)18-19-14;;/h11,15,17H,1-10H2,(H,18,19);2*1H/t11-,15+;;/m0../s1. The van der Waals surface area contributed by atoms with Crippen LogP contribution in [-0.4, -0.2) is 46.7 Å². The van der Waals surface area contributed by atoms with Crippen LogP contribution in [0.5, 0.6) is 0 Å². The van der Waals surface area contributed by atoms with E-state index in [-0.39, 0.29) is 24.8 Å². The molecule has 0 aromatic carbocycles. The Morgan fingerprint density at radius 3 is 2.91 bits per heavy atom. The highest BCUT2D eigenvalue weighted by Gasteiger charge is 2.39. The number of hydrogen-bond donors (Lipinski definition) is 2. The van der Waals surface area contributed by atoms with Crippen molar-refractivity contribution in [3.63, 3.8) is 0 Å². The van der Waals surface area contributed by atoms with Gasteiger partial charge in [0.2, 0.25) is 5.91 Å². The van der Waals surface area contributed by atoms with Gasteiger partial charge in [0.25, 0.3) is 0 Å². The van der Waals surface area contributed by atoms with Crippen molar-refractivity contribution >= 4 is 30.7 Å². The smallest absolute Gasteiger partial charge is 0.223 e. The summed E-state index contributed by atoms with van der Waals surface area (Å²) in [6.45, 7) is 3.02. The van der Waals surface area contributed by atoms with Crippen LogP contribution in [0, 0.1) is 5.92 Å². The van der Waals surface area contributed by atoms with Crippen molar-refractivity contribution in [2.45, 2.75) is 51.0 Å². The molecule has 1 aromatic heterocycles. The highest BCUT2D eigenvalue weighted by atomic mass is 35.5. The fraction of sp³-hybridized carbons (Fsp3) is 0.750. The van der Waals surface area contributed by atoms with E-state index in [9.17, 15) is 4.79 Å². The van der Waals surface area contributed by atoms with Crippen molar-refractivity contribution in [2.75, 3.05) is 19.6 Å². The number of fused-ring (bicyclic) bond motifs is 2. The minimum atomic E-state index is 0. The molecule has 23 heavy (non-hydrogen) atoms. The van der Waals surface area contributed by atoms with Gasteiger partial charge in [-0.1, -0.05) is 0 Å². The van der Waals surface area contributed by atoms with Crippen molar-refractivity contribution in [1.82, 2.24) is 20.4 Å². The number of carbonyl (C=O) groups excluding carboxylic acids is 1. The molecule has 4 rings (SSSR count). The lowest BCUT2D eigenvalue weighted by Gasteiger charge is -2.23. The van der Waals surface area contributed by atoms with Crippen LogP contribution in [0.2, 0.25) is 0 Å². The molecule has 0 bridgehead atoms. The van der Waals surface area contributed by atoms with Gasteiger partial charge in [-0.3, -0.25) is 9.89 Å².